The largest absolute Gasteiger partial charge is 0.452 e. The van der Waals surface area contributed by atoms with Gasteiger partial charge in [-0.3, -0.25) is 4.79 Å². The molecule has 0 unspecified atom stereocenters. The highest BCUT2D eigenvalue weighted by molar-refractivity contribution is 6.33. The standard InChI is InChI=1S/C21H17ClFNO3/c1-13(15-9-4-7-14-6-2-3-8-16(14)15)24-19(25)12-27-21(26)20-17(22)10-5-11-18(20)23/h2-11,13H,12H2,1H3,(H,24,25)/t13-/m1/s1. The second kappa shape index (κ2) is 8.18. The monoisotopic (exact) mass is 385 g/mol. The van der Waals surface area contributed by atoms with Crippen LogP contribution in [0.4, 0.5) is 4.39 Å². The van der Waals surface area contributed by atoms with Gasteiger partial charge in [0.15, 0.2) is 6.61 Å². The normalized spacial score (nSPS) is 11.8. The summed E-state index contributed by atoms with van der Waals surface area (Å²) in [5, 5.41) is 4.81. The molecule has 0 heterocycles. The van der Waals surface area contributed by atoms with E-state index >= 15 is 0 Å². The molecule has 0 saturated heterocycles. The Morgan fingerprint density at radius 3 is 2.56 bits per heavy atom. The first-order valence-corrected chi connectivity index (χ1v) is 8.73. The van der Waals surface area contributed by atoms with Crippen LogP contribution in [0.15, 0.2) is 60.7 Å². The lowest BCUT2D eigenvalue weighted by Gasteiger charge is -2.17. The molecule has 0 spiro atoms. The third-order valence-corrected chi connectivity index (χ3v) is 4.48. The quantitative estimate of drug-likeness (QED) is 0.649. The molecule has 3 aromatic rings. The summed E-state index contributed by atoms with van der Waals surface area (Å²) < 4.78 is 18.6. The fourth-order valence-electron chi connectivity index (χ4n) is 2.89. The Labute approximate surface area is 160 Å². The highest BCUT2D eigenvalue weighted by Crippen LogP contribution is 2.24. The first-order chi connectivity index (χ1) is 13.0. The van der Waals surface area contributed by atoms with E-state index in [1.165, 1.54) is 12.1 Å². The summed E-state index contributed by atoms with van der Waals surface area (Å²) in [4.78, 5) is 24.1. The van der Waals surface area contributed by atoms with Gasteiger partial charge in [-0.05, 0) is 35.4 Å². The summed E-state index contributed by atoms with van der Waals surface area (Å²) in [5.41, 5.74) is 0.569. The van der Waals surface area contributed by atoms with Crippen molar-refractivity contribution in [3.63, 3.8) is 0 Å². The lowest BCUT2D eigenvalue weighted by atomic mass is 10.00. The number of halogens is 2. The van der Waals surface area contributed by atoms with Crippen LogP contribution in [0, 0.1) is 5.82 Å². The Morgan fingerprint density at radius 1 is 1.07 bits per heavy atom. The Kier molecular flexibility index (Phi) is 5.72. The third-order valence-electron chi connectivity index (χ3n) is 4.17. The van der Waals surface area contributed by atoms with Crippen LogP contribution in [-0.4, -0.2) is 18.5 Å². The molecule has 0 aromatic heterocycles. The topological polar surface area (TPSA) is 55.4 Å². The molecule has 0 aliphatic rings. The van der Waals surface area contributed by atoms with Crippen LogP contribution in [0.2, 0.25) is 5.02 Å². The molecule has 1 amide bonds. The number of fused-ring (bicyclic) bond motifs is 1. The van der Waals surface area contributed by atoms with Crippen LogP contribution < -0.4 is 5.32 Å². The highest BCUT2D eigenvalue weighted by Gasteiger charge is 2.19. The number of hydrogen-bond acceptors (Lipinski definition) is 3. The summed E-state index contributed by atoms with van der Waals surface area (Å²) in [6, 6.07) is 17.3. The minimum absolute atomic E-state index is 0.0652. The Bertz CT molecular complexity index is 980. The second-order valence-electron chi connectivity index (χ2n) is 6.03. The molecular weight excluding hydrogens is 369 g/mol. The molecule has 138 valence electrons. The second-order valence-corrected chi connectivity index (χ2v) is 6.44. The van der Waals surface area contributed by atoms with E-state index in [0.29, 0.717) is 0 Å². The van der Waals surface area contributed by atoms with Crippen molar-refractivity contribution in [2.24, 2.45) is 0 Å². The molecule has 0 fully saturated rings. The van der Waals surface area contributed by atoms with Gasteiger partial charge in [0.25, 0.3) is 5.91 Å². The third kappa shape index (κ3) is 4.26. The van der Waals surface area contributed by atoms with Gasteiger partial charge in [0.1, 0.15) is 11.4 Å². The van der Waals surface area contributed by atoms with Gasteiger partial charge in [-0.1, -0.05) is 60.1 Å². The molecule has 1 atom stereocenters. The predicted molar refractivity (Wildman–Crippen MR) is 102 cm³/mol. The fraction of sp³-hybridized carbons (Fsp3) is 0.143. The van der Waals surface area contributed by atoms with Gasteiger partial charge >= 0.3 is 5.97 Å². The average Bonchev–Trinajstić information content (AvgIpc) is 2.65. The van der Waals surface area contributed by atoms with Crippen LogP contribution in [-0.2, 0) is 9.53 Å². The van der Waals surface area contributed by atoms with Gasteiger partial charge in [-0.25, -0.2) is 9.18 Å². The summed E-state index contributed by atoms with van der Waals surface area (Å²) in [6.07, 6.45) is 0. The molecule has 0 aliphatic heterocycles. The van der Waals surface area contributed by atoms with Crippen molar-refractivity contribution in [3.05, 3.63) is 82.6 Å². The minimum atomic E-state index is -0.980. The molecule has 0 saturated carbocycles. The fourth-order valence-corrected chi connectivity index (χ4v) is 3.13. The molecule has 0 radical (unpaired) electrons. The van der Waals surface area contributed by atoms with Gasteiger partial charge in [0.2, 0.25) is 0 Å². The zero-order valence-corrected chi connectivity index (χ0v) is 15.3. The zero-order chi connectivity index (χ0) is 19.4. The number of ether oxygens (including phenoxy) is 1. The van der Waals surface area contributed by atoms with E-state index in [9.17, 15) is 14.0 Å². The van der Waals surface area contributed by atoms with Crippen molar-refractivity contribution >= 4 is 34.2 Å². The van der Waals surface area contributed by atoms with E-state index in [1.807, 2.05) is 49.4 Å². The van der Waals surface area contributed by atoms with Crippen molar-refractivity contribution in [3.8, 4) is 0 Å². The molecule has 0 aliphatic carbocycles. The first-order valence-electron chi connectivity index (χ1n) is 8.35. The minimum Gasteiger partial charge on any atom is -0.452 e. The maximum absolute atomic E-state index is 13.7. The lowest BCUT2D eigenvalue weighted by Crippen LogP contribution is -2.31. The van der Waals surface area contributed by atoms with Gasteiger partial charge in [-0.2, -0.15) is 0 Å². The number of carbonyl (C=O) groups is 2. The number of carbonyl (C=O) groups excluding carboxylic acids is 2. The predicted octanol–water partition coefficient (Wildman–Crippen LogP) is 4.67. The summed E-state index contributed by atoms with van der Waals surface area (Å²) in [7, 11) is 0. The molecular formula is C21H17ClFNO3. The van der Waals surface area contributed by atoms with E-state index in [-0.39, 0.29) is 16.6 Å². The van der Waals surface area contributed by atoms with Crippen LogP contribution in [0.5, 0.6) is 0 Å². The van der Waals surface area contributed by atoms with Gasteiger partial charge in [0.05, 0.1) is 11.1 Å². The summed E-state index contributed by atoms with van der Waals surface area (Å²) in [5.74, 6) is -2.26. The number of hydrogen-bond donors (Lipinski definition) is 1. The first kappa shape index (κ1) is 18.9. The van der Waals surface area contributed by atoms with Crippen LogP contribution in [0.25, 0.3) is 10.8 Å². The van der Waals surface area contributed by atoms with Crippen LogP contribution in [0.3, 0.4) is 0 Å². The van der Waals surface area contributed by atoms with Gasteiger partial charge in [-0.15, -0.1) is 0 Å². The molecule has 1 N–H and O–H groups in total. The number of benzene rings is 3. The van der Waals surface area contributed by atoms with Gasteiger partial charge < -0.3 is 10.1 Å². The van der Waals surface area contributed by atoms with Crippen molar-refractivity contribution in [1.82, 2.24) is 5.32 Å². The number of nitrogens with one attached hydrogen (secondary N) is 1. The van der Waals surface area contributed by atoms with Crippen molar-refractivity contribution in [1.29, 1.82) is 0 Å². The molecule has 27 heavy (non-hydrogen) atoms. The van der Waals surface area contributed by atoms with E-state index in [4.69, 9.17) is 16.3 Å². The molecule has 3 aromatic carbocycles. The Balaban J connectivity index is 1.64. The molecule has 4 nitrogen and oxygen atoms in total. The number of amides is 1. The number of rotatable bonds is 5. The van der Waals surface area contributed by atoms with E-state index in [0.717, 1.165) is 22.4 Å². The van der Waals surface area contributed by atoms with E-state index in [1.54, 1.807) is 0 Å². The van der Waals surface area contributed by atoms with Crippen molar-refractivity contribution < 1.29 is 18.7 Å². The number of esters is 1. The van der Waals surface area contributed by atoms with E-state index in [2.05, 4.69) is 5.32 Å². The molecule has 3 rings (SSSR count). The van der Waals surface area contributed by atoms with E-state index < -0.39 is 24.3 Å². The van der Waals surface area contributed by atoms with Crippen LogP contribution >= 0.6 is 11.6 Å². The molecule has 0 bridgehead atoms. The van der Waals surface area contributed by atoms with Crippen molar-refractivity contribution in [2.45, 2.75) is 13.0 Å². The van der Waals surface area contributed by atoms with Crippen LogP contribution in [0.1, 0.15) is 28.9 Å². The summed E-state index contributed by atoms with van der Waals surface area (Å²) >= 11 is 5.82. The Hall–Kier alpha value is -2.92. The SMILES string of the molecule is C[C@@H](NC(=O)COC(=O)c1c(F)cccc1Cl)c1cccc2ccccc12. The summed E-state index contributed by atoms with van der Waals surface area (Å²) in [6.45, 7) is 1.31. The Morgan fingerprint density at radius 2 is 1.78 bits per heavy atom. The molecule has 6 heteroatoms. The van der Waals surface area contributed by atoms with Crippen molar-refractivity contribution in [2.75, 3.05) is 6.61 Å². The zero-order valence-electron chi connectivity index (χ0n) is 14.5. The lowest BCUT2D eigenvalue weighted by molar-refractivity contribution is -0.124. The maximum Gasteiger partial charge on any atom is 0.343 e. The highest BCUT2D eigenvalue weighted by atomic mass is 35.5. The maximum atomic E-state index is 13.7. The smallest absolute Gasteiger partial charge is 0.343 e. The van der Waals surface area contributed by atoms with Gasteiger partial charge in [0, 0.05) is 0 Å². The average molecular weight is 386 g/mol.